The Morgan fingerprint density at radius 3 is 2.57 bits per heavy atom. The van der Waals surface area contributed by atoms with Crippen LogP contribution in [0.25, 0.3) is 0 Å². The Kier molecular flexibility index (Phi) is 10.2. The molecule has 74 valence electrons. The van der Waals surface area contributed by atoms with Gasteiger partial charge in [0, 0.05) is 5.75 Å². The smallest absolute Gasteiger partial charge is 1.00 e. The molecule has 0 spiro atoms. The summed E-state index contributed by atoms with van der Waals surface area (Å²) in [7, 11) is 0. The summed E-state index contributed by atoms with van der Waals surface area (Å²) in [5, 5.41) is 0. The normalized spacial score (nSPS) is 8.86. The second-order valence-electron chi connectivity index (χ2n) is 3.39. The number of halogens is 1. The Morgan fingerprint density at radius 2 is 2.07 bits per heavy atom. The number of benzene rings is 1. The predicted molar refractivity (Wildman–Crippen MR) is 56.1 cm³/mol. The van der Waals surface area contributed by atoms with Crippen LogP contribution in [-0.2, 0) is 0 Å². The molecule has 0 N–H and O–H groups in total. The van der Waals surface area contributed by atoms with Gasteiger partial charge in [0.1, 0.15) is 0 Å². The molecule has 1 rings (SSSR count). The molecule has 0 aliphatic carbocycles. The van der Waals surface area contributed by atoms with Gasteiger partial charge >= 0.3 is 23.1 Å². The van der Waals surface area contributed by atoms with Crippen molar-refractivity contribution in [2.75, 3.05) is 6.61 Å². The fourth-order valence-electron chi connectivity index (χ4n) is 0.911. The molecule has 0 aliphatic heterocycles. The largest absolute Gasteiger partial charge is 2.00 e. The van der Waals surface area contributed by atoms with E-state index in [0.717, 1.165) is 17.9 Å². The van der Waals surface area contributed by atoms with E-state index in [1.54, 1.807) is 0 Å². The van der Waals surface area contributed by atoms with E-state index in [4.69, 9.17) is 4.74 Å². The summed E-state index contributed by atoms with van der Waals surface area (Å²) in [6, 6.07) is 8.95. The van der Waals surface area contributed by atoms with Crippen LogP contribution < -0.4 is 21.7 Å². The SMILES string of the molecule is Cc1ccc[c-]c1OCC(C)C.[Br-].[Mg+2]. The van der Waals surface area contributed by atoms with Crippen LogP contribution >= 0.6 is 0 Å². The standard InChI is InChI=1S/C11H15O.BrH.Mg/c1-9(2)8-12-11-7-5-4-6-10(11)3;;/h4-6,9H,8H2,1-3H3;1H;/q-1;;+2/p-1. The van der Waals surface area contributed by atoms with Crippen molar-refractivity contribution in [1.82, 2.24) is 0 Å². The third kappa shape index (κ3) is 5.88. The van der Waals surface area contributed by atoms with E-state index in [0.29, 0.717) is 5.92 Å². The van der Waals surface area contributed by atoms with Gasteiger partial charge in [-0.15, -0.1) is 11.6 Å². The van der Waals surface area contributed by atoms with Crippen molar-refractivity contribution in [2.24, 2.45) is 5.92 Å². The van der Waals surface area contributed by atoms with Gasteiger partial charge < -0.3 is 21.7 Å². The quantitative estimate of drug-likeness (QED) is 0.528. The van der Waals surface area contributed by atoms with Crippen LogP contribution in [0.2, 0.25) is 0 Å². The summed E-state index contributed by atoms with van der Waals surface area (Å²) in [5.41, 5.74) is 1.15. The zero-order valence-corrected chi connectivity index (χ0v) is 12.0. The molecule has 0 atom stereocenters. The summed E-state index contributed by atoms with van der Waals surface area (Å²) in [4.78, 5) is 0. The van der Waals surface area contributed by atoms with E-state index >= 15 is 0 Å². The van der Waals surface area contributed by atoms with Gasteiger partial charge in [0.05, 0.1) is 6.61 Å². The first-order chi connectivity index (χ1) is 5.70. The summed E-state index contributed by atoms with van der Waals surface area (Å²) in [5.74, 6) is 1.45. The number of aryl methyl sites for hydroxylation is 1. The van der Waals surface area contributed by atoms with E-state index in [1.165, 1.54) is 0 Å². The van der Waals surface area contributed by atoms with Crippen molar-refractivity contribution in [2.45, 2.75) is 20.8 Å². The molecule has 0 bridgehead atoms. The first-order valence-corrected chi connectivity index (χ1v) is 4.30. The topological polar surface area (TPSA) is 9.23 Å². The minimum Gasteiger partial charge on any atom is -1.00 e. The molecule has 1 aromatic rings. The van der Waals surface area contributed by atoms with Crippen molar-refractivity contribution in [3.05, 3.63) is 29.8 Å². The molecule has 0 saturated carbocycles. The van der Waals surface area contributed by atoms with Crippen molar-refractivity contribution in [1.29, 1.82) is 0 Å². The van der Waals surface area contributed by atoms with Crippen molar-refractivity contribution in [3.63, 3.8) is 0 Å². The fourth-order valence-corrected chi connectivity index (χ4v) is 0.911. The summed E-state index contributed by atoms with van der Waals surface area (Å²) in [6.45, 7) is 7.07. The zero-order chi connectivity index (χ0) is 8.97. The van der Waals surface area contributed by atoms with E-state index < -0.39 is 0 Å². The predicted octanol–water partition coefficient (Wildman–Crippen LogP) is -0.547. The van der Waals surface area contributed by atoms with Gasteiger partial charge in [0.15, 0.2) is 0 Å². The van der Waals surface area contributed by atoms with E-state index in [-0.39, 0.29) is 40.0 Å². The van der Waals surface area contributed by atoms with Gasteiger partial charge in [-0.2, -0.15) is 18.2 Å². The van der Waals surface area contributed by atoms with Gasteiger partial charge in [-0.25, -0.2) is 0 Å². The molecule has 14 heavy (non-hydrogen) atoms. The molecule has 0 fully saturated rings. The molecule has 0 radical (unpaired) electrons. The first kappa shape index (κ1) is 16.7. The van der Waals surface area contributed by atoms with E-state index in [2.05, 4.69) is 19.9 Å². The van der Waals surface area contributed by atoms with Crippen molar-refractivity contribution >= 4 is 23.1 Å². The van der Waals surface area contributed by atoms with Crippen LogP contribution in [0.15, 0.2) is 18.2 Å². The number of hydrogen-bond donors (Lipinski definition) is 0. The second kappa shape index (κ2) is 8.56. The van der Waals surface area contributed by atoms with Gasteiger partial charge in [-0.05, 0) is 5.92 Å². The number of hydrogen-bond acceptors (Lipinski definition) is 1. The average Bonchev–Trinajstić information content (AvgIpc) is 2.03. The van der Waals surface area contributed by atoms with Crippen LogP contribution in [0.4, 0.5) is 0 Å². The molecule has 0 aliphatic rings. The Morgan fingerprint density at radius 1 is 1.43 bits per heavy atom. The Bertz CT molecular complexity index is 251. The van der Waals surface area contributed by atoms with Crippen molar-refractivity contribution < 1.29 is 21.7 Å². The Hall–Kier alpha value is 0.266. The number of ether oxygens (including phenoxy) is 1. The fraction of sp³-hybridized carbons (Fsp3) is 0.455. The molecule has 0 amide bonds. The molecule has 0 aromatic heterocycles. The minimum absolute atomic E-state index is 0. The molecular formula is C11H15BrMgO. The monoisotopic (exact) mass is 266 g/mol. The molecule has 3 heteroatoms. The average molecular weight is 267 g/mol. The maximum atomic E-state index is 5.54. The molecule has 1 aromatic carbocycles. The Balaban J connectivity index is 0. The molecular weight excluding hydrogens is 252 g/mol. The van der Waals surface area contributed by atoms with Crippen molar-refractivity contribution in [3.8, 4) is 5.75 Å². The molecule has 0 heterocycles. The third-order valence-electron chi connectivity index (χ3n) is 1.58. The van der Waals surface area contributed by atoms with Crippen LogP contribution in [0, 0.1) is 18.9 Å². The maximum Gasteiger partial charge on any atom is 2.00 e. The summed E-state index contributed by atoms with van der Waals surface area (Å²) in [6.07, 6.45) is 0. The second-order valence-corrected chi connectivity index (χ2v) is 3.39. The van der Waals surface area contributed by atoms with Gasteiger partial charge in [-0.1, -0.05) is 20.8 Å². The molecule has 0 saturated heterocycles. The maximum absolute atomic E-state index is 5.54. The third-order valence-corrected chi connectivity index (χ3v) is 1.58. The summed E-state index contributed by atoms with van der Waals surface area (Å²) < 4.78 is 5.54. The van der Waals surface area contributed by atoms with Crippen LogP contribution in [0.1, 0.15) is 19.4 Å². The van der Waals surface area contributed by atoms with Crippen LogP contribution in [0.3, 0.4) is 0 Å². The molecule has 0 unspecified atom stereocenters. The van der Waals surface area contributed by atoms with Gasteiger partial charge in [0.25, 0.3) is 0 Å². The molecule has 1 nitrogen and oxygen atoms in total. The number of para-hydroxylation sites is 1. The number of rotatable bonds is 3. The van der Waals surface area contributed by atoms with Crippen LogP contribution in [0.5, 0.6) is 5.75 Å². The van der Waals surface area contributed by atoms with E-state index in [9.17, 15) is 0 Å². The summed E-state index contributed by atoms with van der Waals surface area (Å²) >= 11 is 0. The van der Waals surface area contributed by atoms with Gasteiger partial charge in [0.2, 0.25) is 0 Å². The van der Waals surface area contributed by atoms with Crippen LogP contribution in [-0.4, -0.2) is 29.7 Å². The van der Waals surface area contributed by atoms with E-state index in [1.807, 2.05) is 25.1 Å². The Labute approximate surface area is 113 Å². The van der Waals surface area contributed by atoms with Gasteiger partial charge in [-0.3, -0.25) is 0 Å². The zero-order valence-electron chi connectivity index (χ0n) is 9.01. The minimum atomic E-state index is 0. The first-order valence-electron chi connectivity index (χ1n) is 4.30.